The lowest BCUT2D eigenvalue weighted by Gasteiger charge is -2.33. The van der Waals surface area contributed by atoms with Gasteiger partial charge in [-0.15, -0.1) is 0 Å². The molecule has 1 fully saturated rings. The van der Waals surface area contributed by atoms with E-state index < -0.39 is 17.8 Å². The number of hydrogen-bond donors (Lipinski definition) is 1. The van der Waals surface area contributed by atoms with Gasteiger partial charge in [0.25, 0.3) is 0 Å². The number of carbonyl (C=O) groups excluding carboxylic acids is 1. The number of rotatable bonds is 6. The number of nitriles is 1. The average Bonchev–Trinajstić information content (AvgIpc) is 2.81. The molecule has 0 saturated carbocycles. The summed E-state index contributed by atoms with van der Waals surface area (Å²) in [7, 11) is 1.45. The Labute approximate surface area is 191 Å². The fourth-order valence-electron chi connectivity index (χ4n) is 3.82. The van der Waals surface area contributed by atoms with E-state index in [4.69, 9.17) is 10.00 Å². The van der Waals surface area contributed by atoms with Crippen LogP contribution in [0.5, 0.6) is 5.75 Å². The molecule has 0 aliphatic carbocycles. The first-order valence-corrected chi connectivity index (χ1v) is 10.8. The maximum atomic E-state index is 13.3. The van der Waals surface area contributed by atoms with Crippen LogP contribution in [0.1, 0.15) is 55.0 Å². The van der Waals surface area contributed by atoms with Crippen LogP contribution in [0.15, 0.2) is 30.3 Å². The van der Waals surface area contributed by atoms with Crippen molar-refractivity contribution in [3.63, 3.8) is 0 Å². The molecule has 9 heteroatoms. The fourth-order valence-corrected chi connectivity index (χ4v) is 3.82. The molecule has 1 aliphatic rings. The molecule has 1 amide bonds. The van der Waals surface area contributed by atoms with Crippen LogP contribution >= 0.6 is 0 Å². The van der Waals surface area contributed by atoms with E-state index in [2.05, 4.69) is 17.2 Å². The molecule has 1 atom stereocenters. The molecule has 1 aliphatic heterocycles. The summed E-state index contributed by atoms with van der Waals surface area (Å²) in [6.07, 6.45) is -2.79. The number of aromatic nitrogens is 1. The maximum Gasteiger partial charge on any atom is 0.433 e. The average molecular weight is 461 g/mol. The molecule has 1 saturated heterocycles. The Balaban J connectivity index is 1.78. The molecule has 0 bridgehead atoms. The Kier molecular flexibility index (Phi) is 7.46. The quantitative estimate of drug-likeness (QED) is 0.680. The molecule has 1 unspecified atom stereocenters. The molecule has 2 heterocycles. The second kappa shape index (κ2) is 10.1. The largest absolute Gasteiger partial charge is 0.495 e. The zero-order valence-corrected chi connectivity index (χ0v) is 18.9. The summed E-state index contributed by atoms with van der Waals surface area (Å²) in [4.78, 5) is 18.6. The smallest absolute Gasteiger partial charge is 0.433 e. The normalized spacial score (nSPS) is 15.6. The molecular weight excluding hydrogens is 433 g/mol. The molecule has 0 radical (unpaired) electrons. The lowest BCUT2D eigenvalue weighted by molar-refractivity contribution is -0.141. The van der Waals surface area contributed by atoms with Gasteiger partial charge in [-0.3, -0.25) is 4.79 Å². The van der Waals surface area contributed by atoms with Gasteiger partial charge >= 0.3 is 6.18 Å². The minimum absolute atomic E-state index is 0.0586. The number of halogens is 3. The van der Waals surface area contributed by atoms with Gasteiger partial charge in [-0.1, -0.05) is 19.1 Å². The summed E-state index contributed by atoms with van der Waals surface area (Å²) in [6, 6.07) is 9.28. The van der Waals surface area contributed by atoms with Gasteiger partial charge in [-0.25, -0.2) is 4.98 Å². The highest BCUT2D eigenvalue weighted by Crippen LogP contribution is 2.32. The third-order valence-corrected chi connectivity index (χ3v) is 6.02. The predicted octanol–water partition coefficient (Wildman–Crippen LogP) is 4.64. The molecular formula is C24H27F3N4O2. The molecule has 6 nitrogen and oxygen atoms in total. The highest BCUT2D eigenvalue weighted by Gasteiger charge is 2.34. The summed E-state index contributed by atoms with van der Waals surface area (Å²) in [6.45, 7) is 5.14. The second-order valence-corrected chi connectivity index (χ2v) is 8.36. The van der Waals surface area contributed by atoms with Crippen molar-refractivity contribution in [1.29, 1.82) is 5.26 Å². The van der Waals surface area contributed by atoms with Crippen LogP contribution in [0.4, 0.5) is 19.0 Å². The Bertz CT molecular complexity index is 1040. The summed E-state index contributed by atoms with van der Waals surface area (Å²) < 4.78 is 45.0. The van der Waals surface area contributed by atoms with Gasteiger partial charge in [-0.05, 0) is 49.4 Å². The van der Waals surface area contributed by atoms with E-state index in [0.717, 1.165) is 18.9 Å². The molecule has 1 aromatic heterocycles. The number of nitrogens with zero attached hydrogens (tertiary/aromatic N) is 3. The number of pyridine rings is 1. The van der Waals surface area contributed by atoms with Gasteiger partial charge in [0.15, 0.2) is 0 Å². The summed E-state index contributed by atoms with van der Waals surface area (Å²) in [5.74, 6) is 0.321. The molecule has 2 aromatic rings. The van der Waals surface area contributed by atoms with E-state index in [-0.39, 0.29) is 18.3 Å². The van der Waals surface area contributed by atoms with Crippen molar-refractivity contribution >= 4 is 11.7 Å². The van der Waals surface area contributed by atoms with Crippen LogP contribution in [-0.2, 0) is 17.5 Å². The van der Waals surface area contributed by atoms with Crippen LogP contribution in [0.2, 0.25) is 0 Å². The maximum absolute atomic E-state index is 13.3. The summed E-state index contributed by atoms with van der Waals surface area (Å²) in [5, 5.41) is 11.9. The summed E-state index contributed by atoms with van der Waals surface area (Å²) >= 11 is 0. The van der Waals surface area contributed by atoms with E-state index in [0.29, 0.717) is 41.4 Å². The van der Waals surface area contributed by atoms with E-state index in [1.54, 1.807) is 25.1 Å². The van der Waals surface area contributed by atoms with Crippen molar-refractivity contribution in [3.05, 3.63) is 52.7 Å². The number of piperidine rings is 1. The Morgan fingerprint density at radius 1 is 1.30 bits per heavy atom. The van der Waals surface area contributed by atoms with E-state index in [1.807, 2.05) is 11.0 Å². The Hall–Kier alpha value is -3.28. The highest BCUT2D eigenvalue weighted by atomic mass is 19.4. The standard InChI is InChI=1S/C24H27F3N4O2/c1-15-8-10-31(11-9-15)22-19(6-7-21(30-22)24(25,26)27)14-29-23(32)16(2)17-4-5-18(13-28)20(12-17)33-3/h4-7,12,15-16H,8-11,14H2,1-3H3,(H,29,32). The van der Waals surface area contributed by atoms with Gasteiger partial charge in [0.2, 0.25) is 5.91 Å². The number of anilines is 1. The Morgan fingerprint density at radius 3 is 2.61 bits per heavy atom. The minimum Gasteiger partial charge on any atom is -0.495 e. The van der Waals surface area contributed by atoms with Crippen molar-refractivity contribution < 1.29 is 22.7 Å². The van der Waals surface area contributed by atoms with Gasteiger partial charge in [-0.2, -0.15) is 18.4 Å². The molecule has 3 rings (SSSR count). The minimum atomic E-state index is -4.54. The number of hydrogen-bond acceptors (Lipinski definition) is 5. The number of carbonyl (C=O) groups is 1. The van der Waals surface area contributed by atoms with Gasteiger partial charge in [0.1, 0.15) is 23.3 Å². The number of nitrogens with one attached hydrogen (secondary N) is 1. The fraction of sp³-hybridized carbons (Fsp3) is 0.458. The zero-order chi connectivity index (χ0) is 24.2. The monoisotopic (exact) mass is 460 g/mol. The van der Waals surface area contributed by atoms with Crippen LogP contribution in [0, 0.1) is 17.2 Å². The molecule has 1 aromatic carbocycles. The first-order valence-electron chi connectivity index (χ1n) is 10.8. The lowest BCUT2D eigenvalue weighted by atomic mass is 9.98. The van der Waals surface area contributed by atoms with E-state index in [9.17, 15) is 18.0 Å². The third kappa shape index (κ3) is 5.75. The molecule has 1 N–H and O–H groups in total. The van der Waals surface area contributed by atoms with Crippen LogP contribution in [-0.4, -0.2) is 31.1 Å². The van der Waals surface area contributed by atoms with Crippen molar-refractivity contribution in [1.82, 2.24) is 10.3 Å². The zero-order valence-electron chi connectivity index (χ0n) is 18.9. The molecule has 0 spiro atoms. The van der Waals surface area contributed by atoms with Crippen molar-refractivity contribution in [3.8, 4) is 11.8 Å². The van der Waals surface area contributed by atoms with Gasteiger partial charge in [0.05, 0.1) is 18.6 Å². The molecule has 33 heavy (non-hydrogen) atoms. The van der Waals surface area contributed by atoms with E-state index >= 15 is 0 Å². The van der Waals surface area contributed by atoms with Crippen molar-refractivity contribution in [2.24, 2.45) is 5.92 Å². The van der Waals surface area contributed by atoms with Crippen molar-refractivity contribution in [2.45, 2.75) is 45.3 Å². The SMILES string of the molecule is COc1cc(C(C)C(=O)NCc2ccc(C(F)(F)F)nc2N2CCC(C)CC2)ccc1C#N. The van der Waals surface area contributed by atoms with Crippen LogP contribution in [0.3, 0.4) is 0 Å². The number of ether oxygens (including phenoxy) is 1. The van der Waals surface area contributed by atoms with E-state index in [1.165, 1.54) is 13.2 Å². The molecule has 176 valence electrons. The Morgan fingerprint density at radius 2 is 2.00 bits per heavy atom. The first-order chi connectivity index (χ1) is 15.6. The topological polar surface area (TPSA) is 78.2 Å². The van der Waals surface area contributed by atoms with Crippen LogP contribution < -0.4 is 15.0 Å². The van der Waals surface area contributed by atoms with Gasteiger partial charge in [0, 0.05) is 25.2 Å². The number of alkyl halides is 3. The third-order valence-electron chi connectivity index (χ3n) is 6.02. The first kappa shape index (κ1) is 24.4. The highest BCUT2D eigenvalue weighted by molar-refractivity contribution is 5.83. The number of amides is 1. The van der Waals surface area contributed by atoms with Crippen molar-refractivity contribution in [2.75, 3.05) is 25.1 Å². The number of benzene rings is 1. The van der Waals surface area contributed by atoms with Gasteiger partial charge < -0.3 is 15.0 Å². The predicted molar refractivity (Wildman–Crippen MR) is 118 cm³/mol. The number of methoxy groups -OCH3 is 1. The second-order valence-electron chi connectivity index (χ2n) is 8.36. The summed E-state index contributed by atoms with van der Waals surface area (Å²) in [5.41, 5.74) is 0.629. The van der Waals surface area contributed by atoms with Crippen LogP contribution in [0.25, 0.3) is 0 Å². The lowest BCUT2D eigenvalue weighted by Crippen LogP contribution is -2.35.